The Kier molecular flexibility index (Phi) is 2.95. The Morgan fingerprint density at radius 1 is 1.35 bits per heavy atom. The Hall–Kier alpha value is -2.69. The van der Waals surface area contributed by atoms with Gasteiger partial charge < -0.3 is 5.73 Å². The van der Waals surface area contributed by atoms with E-state index in [0.717, 1.165) is 23.1 Å². The summed E-state index contributed by atoms with van der Waals surface area (Å²) in [6.07, 6.45) is 4.24. The molecular weight excluding hydrogens is 252 g/mol. The monoisotopic (exact) mass is 266 g/mol. The average Bonchev–Trinajstić information content (AvgIpc) is 2.94. The van der Waals surface area contributed by atoms with E-state index < -0.39 is 5.91 Å². The van der Waals surface area contributed by atoms with Crippen LogP contribution < -0.4 is 5.73 Å². The SMILES string of the molecule is CCc1nccn1-c1nc2ccccc2cc1C(N)=O. The number of imidazole rings is 1. The maximum absolute atomic E-state index is 11.7. The zero-order chi connectivity index (χ0) is 14.1. The molecule has 0 saturated carbocycles. The van der Waals surface area contributed by atoms with Crippen LogP contribution in [0.25, 0.3) is 16.7 Å². The molecule has 100 valence electrons. The molecule has 2 aromatic heterocycles. The first-order chi connectivity index (χ1) is 9.70. The van der Waals surface area contributed by atoms with Crippen molar-refractivity contribution < 1.29 is 4.79 Å². The van der Waals surface area contributed by atoms with E-state index >= 15 is 0 Å². The van der Waals surface area contributed by atoms with Gasteiger partial charge in [-0.05, 0) is 12.1 Å². The number of para-hydroxylation sites is 1. The largest absolute Gasteiger partial charge is 0.365 e. The summed E-state index contributed by atoms with van der Waals surface area (Å²) in [5.41, 5.74) is 6.71. The first-order valence-electron chi connectivity index (χ1n) is 6.43. The van der Waals surface area contributed by atoms with Crippen LogP contribution in [0.1, 0.15) is 23.1 Å². The lowest BCUT2D eigenvalue weighted by molar-refractivity contribution is 0.1000. The van der Waals surface area contributed by atoms with Gasteiger partial charge in [0.1, 0.15) is 5.82 Å². The predicted molar refractivity (Wildman–Crippen MR) is 76.8 cm³/mol. The van der Waals surface area contributed by atoms with Gasteiger partial charge >= 0.3 is 0 Å². The molecule has 0 bridgehead atoms. The molecule has 5 nitrogen and oxygen atoms in total. The van der Waals surface area contributed by atoms with E-state index in [0.29, 0.717) is 11.4 Å². The normalized spacial score (nSPS) is 10.8. The Bertz CT molecular complexity index is 791. The smallest absolute Gasteiger partial charge is 0.252 e. The van der Waals surface area contributed by atoms with Crippen LogP contribution in [0.2, 0.25) is 0 Å². The van der Waals surface area contributed by atoms with Crippen molar-refractivity contribution in [3.05, 3.63) is 54.1 Å². The molecular formula is C15H14N4O. The summed E-state index contributed by atoms with van der Waals surface area (Å²) in [6.45, 7) is 2.00. The van der Waals surface area contributed by atoms with E-state index in [2.05, 4.69) is 9.97 Å². The molecule has 2 heterocycles. The summed E-state index contributed by atoms with van der Waals surface area (Å²) < 4.78 is 1.81. The van der Waals surface area contributed by atoms with Crippen molar-refractivity contribution >= 4 is 16.8 Å². The van der Waals surface area contributed by atoms with Gasteiger partial charge in [0.25, 0.3) is 5.91 Å². The second-order valence-electron chi connectivity index (χ2n) is 4.48. The second kappa shape index (κ2) is 4.77. The minimum atomic E-state index is -0.492. The van der Waals surface area contributed by atoms with E-state index in [9.17, 15) is 4.79 Å². The maximum Gasteiger partial charge on any atom is 0.252 e. The molecule has 0 aliphatic rings. The van der Waals surface area contributed by atoms with Crippen molar-refractivity contribution in [1.82, 2.24) is 14.5 Å². The zero-order valence-corrected chi connectivity index (χ0v) is 11.1. The van der Waals surface area contributed by atoms with Crippen molar-refractivity contribution in [3.8, 4) is 5.82 Å². The van der Waals surface area contributed by atoms with E-state index in [1.54, 1.807) is 18.5 Å². The summed E-state index contributed by atoms with van der Waals surface area (Å²) >= 11 is 0. The standard InChI is InChI=1S/C15H14N4O/c1-2-13-17-7-8-19(13)15-11(14(16)20)9-10-5-3-4-6-12(10)18-15/h3-9H,2H2,1H3,(H2,16,20). The second-order valence-corrected chi connectivity index (χ2v) is 4.48. The number of hydrogen-bond acceptors (Lipinski definition) is 3. The lowest BCUT2D eigenvalue weighted by Crippen LogP contribution is -2.16. The van der Waals surface area contributed by atoms with Gasteiger partial charge in [-0.25, -0.2) is 9.97 Å². The van der Waals surface area contributed by atoms with Crippen LogP contribution in [0, 0.1) is 0 Å². The van der Waals surface area contributed by atoms with Crippen LogP contribution in [0.3, 0.4) is 0 Å². The molecule has 1 aromatic carbocycles. The van der Waals surface area contributed by atoms with Gasteiger partial charge in [-0.2, -0.15) is 0 Å². The molecule has 2 N–H and O–H groups in total. The number of aryl methyl sites for hydroxylation is 1. The lowest BCUT2D eigenvalue weighted by Gasteiger charge is -2.11. The van der Waals surface area contributed by atoms with Gasteiger partial charge in [0.2, 0.25) is 0 Å². The number of pyridine rings is 1. The van der Waals surface area contributed by atoms with Crippen molar-refractivity contribution in [1.29, 1.82) is 0 Å². The number of fused-ring (bicyclic) bond motifs is 1. The van der Waals surface area contributed by atoms with E-state index in [1.165, 1.54) is 0 Å². The Labute approximate surface area is 116 Å². The van der Waals surface area contributed by atoms with Gasteiger partial charge in [-0.1, -0.05) is 25.1 Å². The van der Waals surface area contributed by atoms with E-state index in [1.807, 2.05) is 35.8 Å². The number of rotatable bonds is 3. The number of carbonyl (C=O) groups is 1. The summed E-state index contributed by atoms with van der Waals surface area (Å²) in [6, 6.07) is 9.42. The third-order valence-corrected chi connectivity index (χ3v) is 3.23. The average molecular weight is 266 g/mol. The Morgan fingerprint density at radius 2 is 2.15 bits per heavy atom. The molecule has 0 atom stereocenters. The topological polar surface area (TPSA) is 73.8 Å². The molecule has 0 aliphatic carbocycles. The number of nitrogens with zero attached hydrogens (tertiary/aromatic N) is 3. The van der Waals surface area contributed by atoms with Crippen LogP contribution in [-0.4, -0.2) is 20.4 Å². The van der Waals surface area contributed by atoms with Crippen molar-refractivity contribution in [2.24, 2.45) is 5.73 Å². The van der Waals surface area contributed by atoms with Crippen LogP contribution in [0.15, 0.2) is 42.7 Å². The highest BCUT2D eigenvalue weighted by atomic mass is 16.1. The predicted octanol–water partition coefficient (Wildman–Crippen LogP) is 2.08. The molecule has 0 radical (unpaired) electrons. The molecule has 0 aliphatic heterocycles. The van der Waals surface area contributed by atoms with Crippen molar-refractivity contribution in [2.45, 2.75) is 13.3 Å². The summed E-state index contributed by atoms with van der Waals surface area (Å²) in [5.74, 6) is 0.884. The Morgan fingerprint density at radius 3 is 2.90 bits per heavy atom. The molecule has 5 heteroatoms. The van der Waals surface area contributed by atoms with E-state index in [4.69, 9.17) is 5.73 Å². The molecule has 3 aromatic rings. The molecule has 20 heavy (non-hydrogen) atoms. The molecule has 0 fully saturated rings. The third kappa shape index (κ3) is 1.93. The fraction of sp³-hybridized carbons (Fsp3) is 0.133. The highest BCUT2D eigenvalue weighted by molar-refractivity contribution is 5.99. The quantitative estimate of drug-likeness (QED) is 0.788. The summed E-state index contributed by atoms with van der Waals surface area (Å²) in [5, 5.41) is 0.892. The minimum Gasteiger partial charge on any atom is -0.365 e. The number of benzene rings is 1. The fourth-order valence-electron chi connectivity index (χ4n) is 2.26. The first kappa shape index (κ1) is 12.3. The number of amides is 1. The van der Waals surface area contributed by atoms with Crippen LogP contribution >= 0.6 is 0 Å². The van der Waals surface area contributed by atoms with Gasteiger partial charge in [0.15, 0.2) is 5.82 Å². The first-order valence-corrected chi connectivity index (χ1v) is 6.43. The van der Waals surface area contributed by atoms with Gasteiger partial charge in [0, 0.05) is 24.2 Å². The number of hydrogen-bond donors (Lipinski definition) is 1. The molecule has 0 spiro atoms. The lowest BCUT2D eigenvalue weighted by atomic mass is 10.1. The Balaban J connectivity index is 2.33. The molecule has 3 rings (SSSR count). The third-order valence-electron chi connectivity index (χ3n) is 3.23. The zero-order valence-electron chi connectivity index (χ0n) is 11.1. The molecule has 0 saturated heterocycles. The number of nitrogens with two attached hydrogens (primary N) is 1. The minimum absolute atomic E-state index is 0.399. The van der Waals surface area contributed by atoms with Crippen LogP contribution in [0.5, 0.6) is 0 Å². The maximum atomic E-state index is 11.7. The highest BCUT2D eigenvalue weighted by Crippen LogP contribution is 2.20. The molecule has 1 amide bonds. The van der Waals surface area contributed by atoms with Crippen molar-refractivity contribution in [2.75, 3.05) is 0 Å². The van der Waals surface area contributed by atoms with Gasteiger partial charge in [-0.15, -0.1) is 0 Å². The number of aromatic nitrogens is 3. The van der Waals surface area contributed by atoms with Crippen LogP contribution in [-0.2, 0) is 6.42 Å². The summed E-state index contributed by atoms with van der Waals surface area (Å²) in [4.78, 5) is 20.5. The highest BCUT2D eigenvalue weighted by Gasteiger charge is 2.15. The summed E-state index contributed by atoms with van der Waals surface area (Å²) in [7, 11) is 0. The van der Waals surface area contributed by atoms with Gasteiger partial charge in [0.05, 0.1) is 11.1 Å². The number of carbonyl (C=O) groups excluding carboxylic acids is 1. The van der Waals surface area contributed by atoms with Gasteiger partial charge in [-0.3, -0.25) is 9.36 Å². The van der Waals surface area contributed by atoms with E-state index in [-0.39, 0.29) is 0 Å². The fourth-order valence-corrected chi connectivity index (χ4v) is 2.26. The number of primary amides is 1. The molecule has 0 unspecified atom stereocenters. The van der Waals surface area contributed by atoms with Crippen molar-refractivity contribution in [3.63, 3.8) is 0 Å². The van der Waals surface area contributed by atoms with Crippen LogP contribution in [0.4, 0.5) is 0 Å².